The van der Waals surface area contributed by atoms with Crippen LogP contribution in [0.4, 0.5) is 8.78 Å². The molecule has 2 aromatic carbocycles. The SMILES string of the molecule is Cc1cc(C(=O)O)cc(-c2ccc(SC(F)F)cc2)c1. The van der Waals surface area contributed by atoms with E-state index in [2.05, 4.69) is 0 Å². The Balaban J connectivity index is 2.34. The molecule has 5 heteroatoms. The van der Waals surface area contributed by atoms with E-state index in [1.165, 1.54) is 0 Å². The van der Waals surface area contributed by atoms with Crippen molar-refractivity contribution >= 4 is 17.7 Å². The fourth-order valence-electron chi connectivity index (χ4n) is 1.90. The lowest BCUT2D eigenvalue weighted by Crippen LogP contribution is -1.97. The number of halogens is 2. The Morgan fingerprint density at radius 1 is 1.10 bits per heavy atom. The number of rotatable bonds is 4. The molecule has 2 aromatic rings. The van der Waals surface area contributed by atoms with E-state index in [1.54, 1.807) is 36.4 Å². The van der Waals surface area contributed by atoms with Crippen molar-refractivity contribution in [1.29, 1.82) is 0 Å². The maximum absolute atomic E-state index is 12.2. The molecule has 0 aliphatic rings. The van der Waals surface area contributed by atoms with Gasteiger partial charge in [-0.15, -0.1) is 0 Å². The molecule has 0 bridgehead atoms. The molecule has 1 N–H and O–H groups in total. The van der Waals surface area contributed by atoms with Crippen LogP contribution in [0, 0.1) is 6.92 Å². The molecular weight excluding hydrogens is 282 g/mol. The molecular formula is C15H12F2O2S. The quantitative estimate of drug-likeness (QED) is 0.832. The van der Waals surface area contributed by atoms with E-state index in [0.29, 0.717) is 16.7 Å². The minimum absolute atomic E-state index is 0.214. The van der Waals surface area contributed by atoms with E-state index < -0.39 is 11.7 Å². The van der Waals surface area contributed by atoms with E-state index in [4.69, 9.17) is 5.11 Å². The maximum atomic E-state index is 12.2. The van der Waals surface area contributed by atoms with E-state index in [-0.39, 0.29) is 5.56 Å². The number of carboxylic acid groups (broad SMARTS) is 1. The molecule has 0 fully saturated rings. The predicted molar refractivity (Wildman–Crippen MR) is 75.4 cm³/mol. The molecule has 0 aliphatic carbocycles. The predicted octanol–water partition coefficient (Wildman–Crippen LogP) is 4.67. The van der Waals surface area contributed by atoms with Crippen LogP contribution in [0.5, 0.6) is 0 Å². The van der Waals surface area contributed by atoms with E-state index in [9.17, 15) is 13.6 Å². The van der Waals surface area contributed by atoms with Crippen molar-refractivity contribution in [2.45, 2.75) is 17.6 Å². The molecule has 2 nitrogen and oxygen atoms in total. The maximum Gasteiger partial charge on any atom is 0.335 e. The van der Waals surface area contributed by atoms with Crippen molar-refractivity contribution in [1.82, 2.24) is 0 Å². The summed E-state index contributed by atoms with van der Waals surface area (Å²) in [6, 6.07) is 11.7. The van der Waals surface area contributed by atoms with Crippen LogP contribution in [0.3, 0.4) is 0 Å². The zero-order chi connectivity index (χ0) is 14.7. The molecule has 0 spiro atoms. The standard InChI is InChI=1S/C15H12F2O2S/c1-9-6-11(8-12(7-9)14(18)19)10-2-4-13(5-3-10)20-15(16)17/h2-8,15H,1H3,(H,18,19). The second-order valence-corrected chi connectivity index (χ2v) is 5.36. The first kappa shape index (κ1) is 14.5. The van der Waals surface area contributed by atoms with Crippen molar-refractivity contribution in [2.24, 2.45) is 0 Å². The number of hydrogen-bond acceptors (Lipinski definition) is 2. The zero-order valence-electron chi connectivity index (χ0n) is 10.6. The highest BCUT2D eigenvalue weighted by Crippen LogP contribution is 2.28. The van der Waals surface area contributed by atoms with Gasteiger partial charge in [0.15, 0.2) is 0 Å². The Hall–Kier alpha value is -1.88. The van der Waals surface area contributed by atoms with Crippen LogP contribution in [-0.2, 0) is 0 Å². The first-order valence-electron chi connectivity index (χ1n) is 5.86. The molecule has 0 unspecified atom stereocenters. The normalized spacial score (nSPS) is 10.8. The summed E-state index contributed by atoms with van der Waals surface area (Å²) in [7, 11) is 0. The number of aromatic carboxylic acids is 1. The molecule has 0 aliphatic heterocycles. The number of hydrogen-bond donors (Lipinski definition) is 1. The summed E-state index contributed by atoms with van der Waals surface area (Å²) in [6.07, 6.45) is 0. The van der Waals surface area contributed by atoms with Gasteiger partial charge in [0, 0.05) is 4.90 Å². The van der Waals surface area contributed by atoms with Gasteiger partial charge in [0.25, 0.3) is 5.76 Å². The average molecular weight is 294 g/mol. The number of alkyl halides is 2. The molecule has 104 valence electrons. The second-order valence-electron chi connectivity index (χ2n) is 4.30. The number of carboxylic acids is 1. The number of benzene rings is 2. The molecule has 0 saturated carbocycles. The molecule has 0 amide bonds. The Bertz CT molecular complexity index is 624. The molecule has 2 rings (SSSR count). The largest absolute Gasteiger partial charge is 0.478 e. The lowest BCUT2D eigenvalue weighted by Gasteiger charge is -2.07. The van der Waals surface area contributed by atoms with Crippen LogP contribution in [0.2, 0.25) is 0 Å². The Labute approximate surface area is 119 Å². The summed E-state index contributed by atoms with van der Waals surface area (Å²) in [5.74, 6) is -3.43. The first-order chi connectivity index (χ1) is 9.45. The molecule has 0 atom stereocenters. The summed E-state index contributed by atoms with van der Waals surface area (Å²) < 4.78 is 24.5. The van der Waals surface area contributed by atoms with Gasteiger partial charge in [-0.05, 0) is 47.9 Å². The van der Waals surface area contributed by atoms with Gasteiger partial charge in [0.05, 0.1) is 5.56 Å². The monoisotopic (exact) mass is 294 g/mol. The Morgan fingerprint density at radius 2 is 1.75 bits per heavy atom. The van der Waals surface area contributed by atoms with Crippen LogP contribution >= 0.6 is 11.8 Å². The van der Waals surface area contributed by atoms with Crippen LogP contribution in [-0.4, -0.2) is 16.8 Å². The van der Waals surface area contributed by atoms with Crippen molar-refractivity contribution < 1.29 is 18.7 Å². The summed E-state index contributed by atoms with van der Waals surface area (Å²) in [6.45, 7) is 1.82. The molecule has 0 radical (unpaired) electrons. The Kier molecular flexibility index (Phi) is 4.39. The lowest BCUT2D eigenvalue weighted by molar-refractivity contribution is 0.0697. The van der Waals surface area contributed by atoms with Gasteiger partial charge in [0.2, 0.25) is 0 Å². The summed E-state index contributed by atoms with van der Waals surface area (Å²) in [4.78, 5) is 11.5. The number of carbonyl (C=O) groups is 1. The summed E-state index contributed by atoms with van der Waals surface area (Å²) in [5, 5.41) is 9.04. The highest BCUT2D eigenvalue weighted by atomic mass is 32.2. The molecule has 0 saturated heterocycles. The van der Waals surface area contributed by atoms with Gasteiger partial charge >= 0.3 is 5.97 Å². The van der Waals surface area contributed by atoms with E-state index >= 15 is 0 Å². The minimum atomic E-state index is -2.45. The second kappa shape index (κ2) is 6.05. The van der Waals surface area contributed by atoms with E-state index in [0.717, 1.165) is 16.7 Å². The fourth-order valence-corrected chi connectivity index (χ4v) is 2.40. The zero-order valence-corrected chi connectivity index (χ0v) is 11.5. The topological polar surface area (TPSA) is 37.3 Å². The van der Waals surface area contributed by atoms with E-state index in [1.807, 2.05) is 13.0 Å². The van der Waals surface area contributed by atoms with Crippen molar-refractivity contribution in [3.63, 3.8) is 0 Å². The van der Waals surface area contributed by atoms with Gasteiger partial charge in [0.1, 0.15) is 0 Å². The van der Waals surface area contributed by atoms with Gasteiger partial charge in [-0.3, -0.25) is 0 Å². The summed E-state index contributed by atoms with van der Waals surface area (Å²) >= 11 is 0.486. The number of aryl methyl sites for hydroxylation is 1. The Morgan fingerprint density at radius 3 is 2.30 bits per heavy atom. The number of thioether (sulfide) groups is 1. The van der Waals surface area contributed by atoms with Gasteiger partial charge in [-0.2, -0.15) is 8.78 Å². The third-order valence-electron chi connectivity index (χ3n) is 2.74. The summed E-state index contributed by atoms with van der Waals surface area (Å²) in [5.41, 5.74) is 2.61. The smallest absolute Gasteiger partial charge is 0.335 e. The van der Waals surface area contributed by atoms with Crippen molar-refractivity contribution in [3.05, 3.63) is 53.6 Å². The third-order valence-corrected chi connectivity index (χ3v) is 3.46. The minimum Gasteiger partial charge on any atom is -0.478 e. The van der Waals surface area contributed by atoms with Gasteiger partial charge in [-0.1, -0.05) is 30.0 Å². The van der Waals surface area contributed by atoms with Crippen molar-refractivity contribution in [2.75, 3.05) is 0 Å². The van der Waals surface area contributed by atoms with Crippen LogP contribution in [0.1, 0.15) is 15.9 Å². The third kappa shape index (κ3) is 3.57. The fraction of sp³-hybridized carbons (Fsp3) is 0.133. The first-order valence-corrected chi connectivity index (χ1v) is 6.74. The van der Waals surface area contributed by atoms with Gasteiger partial charge in [-0.25, -0.2) is 4.79 Å². The van der Waals surface area contributed by atoms with Gasteiger partial charge < -0.3 is 5.11 Å². The highest BCUT2D eigenvalue weighted by molar-refractivity contribution is 7.99. The van der Waals surface area contributed by atoms with Crippen LogP contribution in [0.15, 0.2) is 47.4 Å². The molecule has 20 heavy (non-hydrogen) atoms. The highest BCUT2D eigenvalue weighted by Gasteiger charge is 2.08. The lowest BCUT2D eigenvalue weighted by atomic mass is 10.0. The average Bonchev–Trinajstić information content (AvgIpc) is 2.38. The van der Waals surface area contributed by atoms with Crippen molar-refractivity contribution in [3.8, 4) is 11.1 Å². The van der Waals surface area contributed by atoms with Crippen LogP contribution in [0.25, 0.3) is 11.1 Å². The molecule has 0 aromatic heterocycles. The molecule has 0 heterocycles. The van der Waals surface area contributed by atoms with Crippen LogP contribution < -0.4 is 0 Å².